The van der Waals surface area contributed by atoms with Gasteiger partial charge in [0.15, 0.2) is 0 Å². The minimum atomic E-state index is -1.41. The van der Waals surface area contributed by atoms with Crippen LogP contribution in [0.4, 0.5) is 0 Å². The first-order chi connectivity index (χ1) is 13.8. The fraction of sp³-hybridized carbons (Fsp3) is 0.647. The molecule has 30 heavy (non-hydrogen) atoms. The van der Waals surface area contributed by atoms with Crippen molar-refractivity contribution in [1.29, 1.82) is 0 Å². The number of carbonyl (C=O) groups excluding carboxylic acids is 5. The van der Waals surface area contributed by atoms with E-state index in [0.717, 1.165) is 0 Å². The van der Waals surface area contributed by atoms with E-state index in [9.17, 15) is 28.8 Å². The topological polar surface area (TPSA) is 237 Å². The first-order valence-corrected chi connectivity index (χ1v) is 9.25. The molecule has 10 N–H and O–H groups in total. The van der Waals surface area contributed by atoms with Gasteiger partial charge in [-0.15, -0.1) is 0 Å². The van der Waals surface area contributed by atoms with Crippen LogP contribution in [-0.4, -0.2) is 65.3 Å². The predicted molar refractivity (Wildman–Crippen MR) is 104 cm³/mol. The maximum Gasteiger partial charge on any atom is 0.326 e. The van der Waals surface area contributed by atoms with Crippen LogP contribution in [0.15, 0.2) is 0 Å². The second kappa shape index (κ2) is 13.1. The Balaban J connectivity index is 4.85. The van der Waals surface area contributed by atoms with Crippen LogP contribution in [0.1, 0.15) is 39.5 Å². The lowest BCUT2D eigenvalue weighted by molar-refractivity contribution is -0.142. The molecule has 0 rings (SSSR count). The molecule has 0 bridgehead atoms. The molecule has 13 heteroatoms. The summed E-state index contributed by atoms with van der Waals surface area (Å²) >= 11 is 0. The van der Waals surface area contributed by atoms with E-state index < -0.39 is 66.6 Å². The van der Waals surface area contributed by atoms with E-state index in [1.54, 1.807) is 13.8 Å². The Morgan fingerprint density at radius 1 is 0.900 bits per heavy atom. The Hall–Kier alpha value is -3.22. The molecule has 0 heterocycles. The van der Waals surface area contributed by atoms with Crippen molar-refractivity contribution in [2.45, 2.75) is 57.7 Å². The number of hydrogen-bond acceptors (Lipinski definition) is 7. The average Bonchev–Trinajstić information content (AvgIpc) is 2.61. The zero-order chi connectivity index (χ0) is 23.4. The molecule has 0 aromatic heterocycles. The lowest BCUT2D eigenvalue weighted by Gasteiger charge is -2.20. The number of nitrogens with one attached hydrogen (secondary N) is 3. The zero-order valence-corrected chi connectivity index (χ0v) is 17.0. The van der Waals surface area contributed by atoms with Crippen molar-refractivity contribution in [3.8, 4) is 0 Å². The maximum atomic E-state index is 12.3. The Labute approximate surface area is 173 Å². The van der Waals surface area contributed by atoms with Crippen molar-refractivity contribution in [2.24, 2.45) is 23.1 Å². The number of hydrogen-bond donors (Lipinski definition) is 7. The van der Waals surface area contributed by atoms with Crippen LogP contribution >= 0.6 is 0 Å². The smallest absolute Gasteiger partial charge is 0.326 e. The van der Waals surface area contributed by atoms with Gasteiger partial charge in [0.2, 0.25) is 29.5 Å². The molecule has 13 nitrogen and oxygen atoms in total. The molecule has 0 aromatic rings. The van der Waals surface area contributed by atoms with Gasteiger partial charge in [-0.3, -0.25) is 24.0 Å². The van der Waals surface area contributed by atoms with Gasteiger partial charge in [0.05, 0.1) is 19.0 Å². The van der Waals surface area contributed by atoms with Gasteiger partial charge in [0, 0.05) is 6.42 Å². The molecule has 0 aromatic carbocycles. The molecule has 5 amide bonds. The lowest BCUT2D eigenvalue weighted by Crippen LogP contribution is -2.54. The average molecular weight is 430 g/mol. The zero-order valence-electron chi connectivity index (χ0n) is 17.0. The Morgan fingerprint density at radius 3 is 1.97 bits per heavy atom. The number of nitrogens with two attached hydrogens (primary N) is 3. The van der Waals surface area contributed by atoms with E-state index in [4.69, 9.17) is 22.3 Å². The van der Waals surface area contributed by atoms with Crippen LogP contribution in [0, 0.1) is 5.92 Å². The van der Waals surface area contributed by atoms with Crippen molar-refractivity contribution >= 4 is 35.5 Å². The third kappa shape index (κ3) is 11.6. The molecule has 0 saturated heterocycles. The van der Waals surface area contributed by atoms with Crippen LogP contribution in [0.5, 0.6) is 0 Å². The van der Waals surface area contributed by atoms with Crippen molar-refractivity contribution in [1.82, 2.24) is 16.0 Å². The van der Waals surface area contributed by atoms with Crippen molar-refractivity contribution in [3.05, 3.63) is 0 Å². The number of primary amides is 2. The van der Waals surface area contributed by atoms with E-state index in [2.05, 4.69) is 16.0 Å². The monoisotopic (exact) mass is 430 g/mol. The van der Waals surface area contributed by atoms with Gasteiger partial charge in [0.25, 0.3) is 0 Å². The molecule has 3 unspecified atom stereocenters. The highest BCUT2D eigenvalue weighted by molar-refractivity contribution is 5.95. The number of aliphatic carboxylic acids is 1. The second-order valence-corrected chi connectivity index (χ2v) is 7.15. The molecule has 0 fully saturated rings. The Bertz CT molecular complexity index is 667. The highest BCUT2D eigenvalue weighted by Gasteiger charge is 2.27. The van der Waals surface area contributed by atoms with Gasteiger partial charge in [-0.1, -0.05) is 13.8 Å². The summed E-state index contributed by atoms with van der Waals surface area (Å²) in [5.74, 6) is -5.23. The lowest BCUT2D eigenvalue weighted by atomic mass is 10.0. The van der Waals surface area contributed by atoms with Gasteiger partial charge in [-0.2, -0.15) is 0 Å². The van der Waals surface area contributed by atoms with Crippen molar-refractivity contribution in [3.63, 3.8) is 0 Å². The quantitative estimate of drug-likeness (QED) is 0.147. The maximum absolute atomic E-state index is 12.3. The number of carbonyl (C=O) groups is 6. The molecule has 0 saturated carbocycles. The molecule has 0 aliphatic heterocycles. The fourth-order valence-corrected chi connectivity index (χ4v) is 2.35. The fourth-order valence-electron chi connectivity index (χ4n) is 2.35. The van der Waals surface area contributed by atoms with Gasteiger partial charge in [-0.25, -0.2) is 4.79 Å². The van der Waals surface area contributed by atoms with Gasteiger partial charge < -0.3 is 38.3 Å². The molecular formula is C17H30N6O7. The van der Waals surface area contributed by atoms with Gasteiger partial charge in [0.1, 0.15) is 12.1 Å². The van der Waals surface area contributed by atoms with Crippen LogP contribution in [0.2, 0.25) is 0 Å². The van der Waals surface area contributed by atoms with E-state index in [1.165, 1.54) is 0 Å². The van der Waals surface area contributed by atoms with Crippen LogP contribution in [-0.2, 0) is 28.8 Å². The Morgan fingerprint density at radius 2 is 1.50 bits per heavy atom. The number of rotatable bonds is 14. The van der Waals surface area contributed by atoms with Gasteiger partial charge in [-0.05, 0) is 18.8 Å². The van der Waals surface area contributed by atoms with E-state index in [0.29, 0.717) is 0 Å². The van der Waals surface area contributed by atoms with Crippen molar-refractivity contribution < 1.29 is 33.9 Å². The van der Waals surface area contributed by atoms with Crippen LogP contribution < -0.4 is 33.2 Å². The van der Waals surface area contributed by atoms with Crippen LogP contribution in [0.3, 0.4) is 0 Å². The highest BCUT2D eigenvalue weighted by atomic mass is 16.4. The Kier molecular flexibility index (Phi) is 11.7. The van der Waals surface area contributed by atoms with Gasteiger partial charge >= 0.3 is 5.97 Å². The summed E-state index contributed by atoms with van der Waals surface area (Å²) in [5.41, 5.74) is 15.7. The molecule has 3 atom stereocenters. The minimum Gasteiger partial charge on any atom is -0.480 e. The first-order valence-electron chi connectivity index (χ1n) is 9.25. The second-order valence-electron chi connectivity index (χ2n) is 7.15. The number of carboxylic acids is 1. The summed E-state index contributed by atoms with van der Waals surface area (Å²) in [4.78, 5) is 69.4. The molecule has 0 aliphatic carbocycles. The summed E-state index contributed by atoms with van der Waals surface area (Å²) in [6.45, 7) is 2.99. The summed E-state index contributed by atoms with van der Waals surface area (Å²) in [6.07, 6.45) is -0.588. The molecule has 0 radical (unpaired) electrons. The highest BCUT2D eigenvalue weighted by Crippen LogP contribution is 2.04. The predicted octanol–water partition coefficient (Wildman–Crippen LogP) is -3.33. The molecule has 0 aliphatic rings. The normalized spacial score (nSPS) is 13.6. The van der Waals surface area contributed by atoms with Crippen LogP contribution in [0.25, 0.3) is 0 Å². The van der Waals surface area contributed by atoms with E-state index in [1.807, 2.05) is 0 Å². The summed E-state index contributed by atoms with van der Waals surface area (Å²) < 4.78 is 0. The summed E-state index contributed by atoms with van der Waals surface area (Å²) in [6, 6.07) is -3.69. The van der Waals surface area contributed by atoms with Crippen molar-refractivity contribution in [2.75, 3.05) is 6.54 Å². The number of amides is 5. The van der Waals surface area contributed by atoms with E-state index in [-0.39, 0.29) is 25.2 Å². The largest absolute Gasteiger partial charge is 0.480 e. The first kappa shape index (κ1) is 26.8. The SMILES string of the molecule is CC(C)CC(NC(=O)CNC(=O)C(CC(N)=O)NC(=O)C(N)CCC(N)=O)C(=O)O. The summed E-state index contributed by atoms with van der Waals surface area (Å²) in [7, 11) is 0. The molecule has 170 valence electrons. The third-order valence-electron chi connectivity index (χ3n) is 3.84. The standard InChI is InChI=1S/C17H30N6O7/c1-8(2)5-11(17(29)30)22-14(26)7-21-16(28)10(6-13(20)25)23-15(27)9(18)3-4-12(19)24/h8-11H,3-7,18H2,1-2H3,(H2,19,24)(H2,20,25)(H,21,28)(H,22,26)(H,23,27)(H,29,30). The minimum absolute atomic E-state index is 0.00919. The number of carboxylic acid groups (broad SMARTS) is 1. The molecule has 0 spiro atoms. The summed E-state index contributed by atoms with van der Waals surface area (Å²) in [5, 5.41) is 15.8. The van der Waals surface area contributed by atoms with E-state index >= 15 is 0 Å². The third-order valence-corrected chi connectivity index (χ3v) is 3.84. The molecular weight excluding hydrogens is 400 g/mol.